The number of aromatic nitrogens is 3. The summed E-state index contributed by atoms with van der Waals surface area (Å²) in [5.74, 6) is 0.824. The lowest BCUT2D eigenvalue weighted by atomic mass is 10.3. The first kappa shape index (κ1) is 13.2. The summed E-state index contributed by atoms with van der Waals surface area (Å²) in [7, 11) is 0. The van der Waals surface area contributed by atoms with Gasteiger partial charge in [-0.1, -0.05) is 0 Å². The van der Waals surface area contributed by atoms with E-state index in [1.54, 1.807) is 0 Å². The second-order valence-corrected chi connectivity index (χ2v) is 6.23. The molecule has 0 fully saturated rings. The summed E-state index contributed by atoms with van der Waals surface area (Å²) in [4.78, 5) is 16.6. The van der Waals surface area contributed by atoms with Crippen LogP contribution in [0.4, 0.5) is 0 Å². The van der Waals surface area contributed by atoms with Crippen molar-refractivity contribution < 1.29 is 4.79 Å². The molecule has 0 atom stereocenters. The third-order valence-electron chi connectivity index (χ3n) is 2.42. The zero-order valence-electron chi connectivity index (χ0n) is 9.86. The van der Waals surface area contributed by atoms with E-state index in [4.69, 9.17) is 0 Å². The van der Waals surface area contributed by atoms with Gasteiger partial charge < -0.3 is 5.32 Å². The van der Waals surface area contributed by atoms with Crippen LogP contribution in [0.25, 0.3) is 0 Å². The number of nitrogens with zero attached hydrogens (tertiary/aromatic N) is 2. The average Bonchev–Trinajstić information content (AvgIpc) is 2.96. The van der Waals surface area contributed by atoms with Crippen molar-refractivity contribution in [2.75, 3.05) is 6.54 Å². The zero-order valence-corrected chi connectivity index (χ0v) is 12.3. The van der Waals surface area contributed by atoms with Gasteiger partial charge in [-0.2, -0.15) is 5.10 Å². The minimum Gasteiger partial charge on any atom is -0.351 e. The smallest absolute Gasteiger partial charge is 0.261 e. The molecule has 0 saturated carbocycles. The van der Waals surface area contributed by atoms with Crippen LogP contribution in [0.15, 0.2) is 16.2 Å². The maximum Gasteiger partial charge on any atom is 0.261 e. The van der Waals surface area contributed by atoms with Crippen LogP contribution in [0.1, 0.15) is 27.5 Å². The quantitative estimate of drug-likeness (QED) is 0.827. The third kappa shape index (κ3) is 3.39. The molecule has 0 aliphatic carbocycles. The second kappa shape index (κ2) is 6.10. The third-order valence-corrected chi connectivity index (χ3v) is 4.56. The highest BCUT2D eigenvalue weighted by Crippen LogP contribution is 2.27. The molecule has 2 aromatic rings. The number of aryl methyl sites for hydroxylation is 2. The molecule has 2 rings (SSSR count). The molecule has 2 aromatic heterocycles. The van der Waals surface area contributed by atoms with Crippen molar-refractivity contribution in [3.63, 3.8) is 0 Å². The SMILES string of the molecule is Cc1cc(C(=O)NCCCc2ncn[nH]2)sc1Br. The van der Waals surface area contributed by atoms with Crippen molar-refractivity contribution in [3.05, 3.63) is 32.4 Å². The second-order valence-electron chi connectivity index (χ2n) is 3.86. The van der Waals surface area contributed by atoms with E-state index in [0.717, 1.165) is 32.9 Å². The van der Waals surface area contributed by atoms with Crippen LogP contribution in [0.2, 0.25) is 0 Å². The normalized spacial score (nSPS) is 10.6. The molecule has 0 aliphatic heterocycles. The molecule has 0 saturated heterocycles. The molecule has 0 aliphatic rings. The van der Waals surface area contributed by atoms with Crippen LogP contribution >= 0.6 is 27.3 Å². The predicted molar refractivity (Wildman–Crippen MR) is 73.8 cm³/mol. The van der Waals surface area contributed by atoms with Crippen molar-refractivity contribution in [2.45, 2.75) is 19.8 Å². The molecule has 0 aromatic carbocycles. The minimum atomic E-state index is -0.0219. The van der Waals surface area contributed by atoms with E-state index in [9.17, 15) is 4.79 Å². The fourth-order valence-electron chi connectivity index (χ4n) is 1.47. The van der Waals surface area contributed by atoms with E-state index in [0.29, 0.717) is 6.54 Å². The first-order chi connectivity index (χ1) is 8.66. The molecular formula is C11H13BrN4OS. The van der Waals surface area contributed by atoms with E-state index in [1.807, 2.05) is 13.0 Å². The van der Waals surface area contributed by atoms with Gasteiger partial charge >= 0.3 is 0 Å². The van der Waals surface area contributed by atoms with Crippen LogP contribution in [-0.4, -0.2) is 27.6 Å². The topological polar surface area (TPSA) is 70.7 Å². The Labute approximate surface area is 117 Å². The number of rotatable bonds is 5. The Morgan fingerprint density at radius 2 is 2.44 bits per heavy atom. The largest absolute Gasteiger partial charge is 0.351 e. The molecule has 1 amide bonds. The number of nitrogens with one attached hydrogen (secondary N) is 2. The number of aromatic amines is 1. The predicted octanol–water partition coefficient (Wildman–Crippen LogP) is 2.30. The van der Waals surface area contributed by atoms with Gasteiger partial charge in [-0.05, 0) is 40.9 Å². The summed E-state index contributed by atoms with van der Waals surface area (Å²) in [6, 6.07) is 1.89. The number of hydrogen-bond acceptors (Lipinski definition) is 4. The van der Waals surface area contributed by atoms with Crippen molar-refractivity contribution >= 4 is 33.2 Å². The molecule has 0 bridgehead atoms. The Bertz CT molecular complexity index is 504. The van der Waals surface area contributed by atoms with Crippen molar-refractivity contribution in [1.29, 1.82) is 0 Å². The highest BCUT2D eigenvalue weighted by molar-refractivity contribution is 9.11. The summed E-state index contributed by atoms with van der Waals surface area (Å²) >= 11 is 4.87. The minimum absolute atomic E-state index is 0.0219. The first-order valence-electron chi connectivity index (χ1n) is 5.55. The molecule has 2 N–H and O–H groups in total. The van der Waals surface area contributed by atoms with Gasteiger partial charge in [0, 0.05) is 13.0 Å². The lowest BCUT2D eigenvalue weighted by Gasteiger charge is -2.01. The van der Waals surface area contributed by atoms with Crippen molar-refractivity contribution in [3.8, 4) is 0 Å². The number of carbonyl (C=O) groups is 1. The van der Waals surface area contributed by atoms with Gasteiger partial charge in [0.05, 0.1) is 8.66 Å². The van der Waals surface area contributed by atoms with Crippen molar-refractivity contribution in [2.24, 2.45) is 0 Å². The Hall–Kier alpha value is -1.21. The van der Waals surface area contributed by atoms with Gasteiger partial charge in [-0.3, -0.25) is 9.89 Å². The summed E-state index contributed by atoms with van der Waals surface area (Å²) < 4.78 is 1.01. The fraction of sp³-hybridized carbons (Fsp3) is 0.364. The van der Waals surface area contributed by atoms with Crippen LogP contribution in [0.3, 0.4) is 0 Å². The van der Waals surface area contributed by atoms with E-state index >= 15 is 0 Å². The molecule has 0 unspecified atom stereocenters. The Balaban J connectivity index is 1.75. The average molecular weight is 329 g/mol. The van der Waals surface area contributed by atoms with Crippen LogP contribution < -0.4 is 5.32 Å². The van der Waals surface area contributed by atoms with Crippen LogP contribution in [0, 0.1) is 6.92 Å². The number of carbonyl (C=O) groups excluding carboxylic acids is 1. The Morgan fingerprint density at radius 1 is 1.61 bits per heavy atom. The summed E-state index contributed by atoms with van der Waals surface area (Å²) in [6.07, 6.45) is 3.11. The van der Waals surface area contributed by atoms with Gasteiger partial charge in [0.25, 0.3) is 5.91 Å². The highest BCUT2D eigenvalue weighted by atomic mass is 79.9. The van der Waals surface area contributed by atoms with Gasteiger partial charge in [0.2, 0.25) is 0 Å². The van der Waals surface area contributed by atoms with Crippen LogP contribution in [0.5, 0.6) is 0 Å². The summed E-state index contributed by atoms with van der Waals surface area (Å²) in [5.41, 5.74) is 1.09. The van der Waals surface area contributed by atoms with E-state index < -0.39 is 0 Å². The molecule has 96 valence electrons. The van der Waals surface area contributed by atoms with E-state index in [1.165, 1.54) is 17.7 Å². The number of halogens is 1. The van der Waals surface area contributed by atoms with E-state index in [2.05, 4.69) is 36.4 Å². The first-order valence-corrected chi connectivity index (χ1v) is 7.16. The summed E-state index contributed by atoms with van der Waals surface area (Å²) in [5, 5.41) is 9.45. The van der Waals surface area contributed by atoms with Gasteiger partial charge in [0.15, 0.2) is 0 Å². The van der Waals surface area contributed by atoms with Gasteiger partial charge in [-0.25, -0.2) is 4.98 Å². The lowest BCUT2D eigenvalue weighted by Crippen LogP contribution is -2.23. The number of thiophene rings is 1. The van der Waals surface area contributed by atoms with Crippen molar-refractivity contribution in [1.82, 2.24) is 20.5 Å². The molecule has 0 spiro atoms. The number of hydrogen-bond donors (Lipinski definition) is 2. The molecule has 5 nitrogen and oxygen atoms in total. The Kier molecular flexibility index (Phi) is 4.48. The lowest BCUT2D eigenvalue weighted by molar-refractivity contribution is 0.0957. The van der Waals surface area contributed by atoms with Crippen LogP contribution in [-0.2, 0) is 6.42 Å². The monoisotopic (exact) mass is 328 g/mol. The maximum atomic E-state index is 11.8. The molecular weight excluding hydrogens is 316 g/mol. The number of H-pyrrole nitrogens is 1. The van der Waals surface area contributed by atoms with Gasteiger partial charge in [-0.15, -0.1) is 11.3 Å². The van der Waals surface area contributed by atoms with E-state index in [-0.39, 0.29) is 5.91 Å². The fourth-order valence-corrected chi connectivity index (χ4v) is 2.92. The summed E-state index contributed by atoms with van der Waals surface area (Å²) in [6.45, 7) is 2.61. The molecule has 0 radical (unpaired) electrons. The Morgan fingerprint density at radius 3 is 3.06 bits per heavy atom. The number of amides is 1. The molecule has 7 heteroatoms. The highest BCUT2D eigenvalue weighted by Gasteiger charge is 2.10. The zero-order chi connectivity index (χ0) is 13.0. The molecule has 2 heterocycles. The van der Waals surface area contributed by atoms with Gasteiger partial charge in [0.1, 0.15) is 12.2 Å². The molecule has 18 heavy (non-hydrogen) atoms. The standard InChI is InChI=1S/C11H13BrN4OS/c1-7-5-8(18-10(7)12)11(17)13-4-2-3-9-14-6-15-16-9/h5-6H,2-4H2,1H3,(H,13,17)(H,14,15,16). The maximum absolute atomic E-state index is 11.8.